The van der Waals surface area contributed by atoms with Crippen LogP contribution in [-0.4, -0.2) is 22.9 Å². The standard InChI is InChI=1S/C14H21FN2O/c1-9(2)17(14(18)10(3)16)11(4)12-5-7-13(15)8-6-12/h5-11H,16H2,1-4H3/t10-,11?/m0/s1. The number of rotatable bonds is 4. The zero-order valence-electron chi connectivity index (χ0n) is 11.4. The summed E-state index contributed by atoms with van der Waals surface area (Å²) in [6, 6.07) is 5.60. The molecule has 0 aromatic heterocycles. The van der Waals surface area contributed by atoms with Crippen molar-refractivity contribution in [1.82, 2.24) is 4.90 Å². The van der Waals surface area contributed by atoms with E-state index in [1.807, 2.05) is 20.8 Å². The average Bonchev–Trinajstić information content (AvgIpc) is 2.29. The van der Waals surface area contributed by atoms with Gasteiger partial charge in [-0.2, -0.15) is 0 Å². The molecular formula is C14H21FN2O. The second-order valence-corrected chi connectivity index (χ2v) is 4.86. The number of hydrogen-bond donors (Lipinski definition) is 1. The van der Waals surface area contributed by atoms with E-state index >= 15 is 0 Å². The first-order chi connectivity index (χ1) is 8.34. The van der Waals surface area contributed by atoms with Gasteiger partial charge in [0.15, 0.2) is 0 Å². The summed E-state index contributed by atoms with van der Waals surface area (Å²) in [5.41, 5.74) is 6.57. The van der Waals surface area contributed by atoms with Gasteiger partial charge in [-0.05, 0) is 45.4 Å². The third-order valence-electron chi connectivity index (χ3n) is 2.97. The summed E-state index contributed by atoms with van der Waals surface area (Å²) >= 11 is 0. The molecule has 0 aliphatic carbocycles. The van der Waals surface area contributed by atoms with Crippen LogP contribution in [0.1, 0.15) is 39.3 Å². The van der Waals surface area contributed by atoms with E-state index in [1.54, 1.807) is 24.0 Å². The molecule has 0 spiro atoms. The lowest BCUT2D eigenvalue weighted by atomic mass is 10.0. The van der Waals surface area contributed by atoms with Crippen molar-refractivity contribution in [3.8, 4) is 0 Å². The third kappa shape index (κ3) is 3.29. The molecule has 0 saturated carbocycles. The van der Waals surface area contributed by atoms with E-state index in [1.165, 1.54) is 12.1 Å². The van der Waals surface area contributed by atoms with Crippen molar-refractivity contribution in [3.05, 3.63) is 35.6 Å². The van der Waals surface area contributed by atoms with Crippen LogP contribution < -0.4 is 5.73 Å². The number of nitrogens with zero attached hydrogens (tertiary/aromatic N) is 1. The molecule has 0 heterocycles. The first-order valence-electron chi connectivity index (χ1n) is 6.17. The fourth-order valence-corrected chi connectivity index (χ4v) is 2.03. The molecule has 1 unspecified atom stereocenters. The fourth-order valence-electron chi connectivity index (χ4n) is 2.03. The van der Waals surface area contributed by atoms with E-state index in [9.17, 15) is 9.18 Å². The highest BCUT2D eigenvalue weighted by atomic mass is 19.1. The maximum Gasteiger partial charge on any atom is 0.239 e. The molecule has 0 fully saturated rings. The molecule has 0 aliphatic heterocycles. The molecule has 3 nitrogen and oxygen atoms in total. The van der Waals surface area contributed by atoms with Crippen molar-refractivity contribution in [1.29, 1.82) is 0 Å². The number of nitrogens with two attached hydrogens (primary N) is 1. The summed E-state index contributed by atoms with van der Waals surface area (Å²) < 4.78 is 12.9. The van der Waals surface area contributed by atoms with Gasteiger partial charge in [0.05, 0.1) is 12.1 Å². The van der Waals surface area contributed by atoms with E-state index in [4.69, 9.17) is 5.73 Å². The molecule has 0 aliphatic rings. The van der Waals surface area contributed by atoms with Gasteiger partial charge in [-0.1, -0.05) is 12.1 Å². The van der Waals surface area contributed by atoms with Crippen LogP contribution >= 0.6 is 0 Å². The molecule has 4 heteroatoms. The van der Waals surface area contributed by atoms with Crippen LogP contribution in [0.5, 0.6) is 0 Å². The number of halogens is 1. The van der Waals surface area contributed by atoms with Crippen molar-refractivity contribution in [2.24, 2.45) is 5.73 Å². The van der Waals surface area contributed by atoms with Gasteiger partial charge in [0.1, 0.15) is 5.82 Å². The van der Waals surface area contributed by atoms with Gasteiger partial charge in [-0.3, -0.25) is 4.79 Å². The zero-order valence-corrected chi connectivity index (χ0v) is 11.4. The predicted octanol–water partition coefficient (Wildman–Crippen LogP) is 2.47. The Balaban J connectivity index is 2.99. The minimum absolute atomic E-state index is 0.0450. The second kappa shape index (κ2) is 5.96. The maximum atomic E-state index is 12.9. The minimum Gasteiger partial charge on any atom is -0.332 e. The molecule has 18 heavy (non-hydrogen) atoms. The van der Waals surface area contributed by atoms with E-state index in [2.05, 4.69) is 0 Å². The lowest BCUT2D eigenvalue weighted by Gasteiger charge is -2.34. The first-order valence-corrected chi connectivity index (χ1v) is 6.17. The molecular weight excluding hydrogens is 231 g/mol. The van der Waals surface area contributed by atoms with Crippen molar-refractivity contribution in [3.63, 3.8) is 0 Å². The van der Waals surface area contributed by atoms with Gasteiger partial charge in [-0.15, -0.1) is 0 Å². The van der Waals surface area contributed by atoms with Gasteiger partial charge < -0.3 is 10.6 Å². The zero-order chi connectivity index (χ0) is 13.9. The van der Waals surface area contributed by atoms with Crippen LogP contribution in [0.2, 0.25) is 0 Å². The van der Waals surface area contributed by atoms with Crippen LogP contribution in [0.3, 0.4) is 0 Å². The largest absolute Gasteiger partial charge is 0.332 e. The monoisotopic (exact) mass is 252 g/mol. The van der Waals surface area contributed by atoms with Gasteiger partial charge in [0.2, 0.25) is 5.91 Å². The van der Waals surface area contributed by atoms with Crippen LogP contribution in [0.15, 0.2) is 24.3 Å². The van der Waals surface area contributed by atoms with Crippen LogP contribution in [0.25, 0.3) is 0 Å². The van der Waals surface area contributed by atoms with Crippen molar-refractivity contribution < 1.29 is 9.18 Å². The maximum absolute atomic E-state index is 12.9. The molecule has 2 N–H and O–H groups in total. The Morgan fingerprint density at radius 2 is 1.67 bits per heavy atom. The molecule has 1 amide bonds. The molecule has 2 atom stereocenters. The van der Waals surface area contributed by atoms with E-state index in [0.29, 0.717) is 0 Å². The Bertz CT molecular complexity index is 401. The fraction of sp³-hybridized carbons (Fsp3) is 0.500. The average molecular weight is 252 g/mol. The SMILES string of the molecule is CC(C)N(C(=O)[C@H](C)N)C(C)c1ccc(F)cc1. The quantitative estimate of drug-likeness (QED) is 0.894. The van der Waals surface area contributed by atoms with Gasteiger partial charge in [0, 0.05) is 6.04 Å². The molecule has 1 aromatic rings. The summed E-state index contributed by atoms with van der Waals surface area (Å²) in [6.07, 6.45) is 0. The highest BCUT2D eigenvalue weighted by Gasteiger charge is 2.26. The van der Waals surface area contributed by atoms with E-state index in [-0.39, 0.29) is 23.8 Å². The van der Waals surface area contributed by atoms with E-state index < -0.39 is 6.04 Å². The predicted molar refractivity (Wildman–Crippen MR) is 70.4 cm³/mol. The Morgan fingerprint density at radius 1 is 1.17 bits per heavy atom. The van der Waals surface area contributed by atoms with E-state index in [0.717, 1.165) is 5.56 Å². The van der Waals surface area contributed by atoms with Gasteiger partial charge >= 0.3 is 0 Å². The van der Waals surface area contributed by atoms with Crippen molar-refractivity contribution in [2.45, 2.75) is 45.8 Å². The Labute approximate surface area is 108 Å². The molecule has 0 radical (unpaired) electrons. The molecule has 1 rings (SSSR count). The Hall–Kier alpha value is -1.42. The molecule has 100 valence electrons. The summed E-state index contributed by atoms with van der Waals surface area (Å²) in [5.74, 6) is -0.373. The summed E-state index contributed by atoms with van der Waals surface area (Å²) in [7, 11) is 0. The second-order valence-electron chi connectivity index (χ2n) is 4.86. The van der Waals surface area contributed by atoms with Gasteiger partial charge in [-0.25, -0.2) is 4.39 Å². The minimum atomic E-state index is -0.532. The number of benzene rings is 1. The van der Waals surface area contributed by atoms with Crippen LogP contribution in [-0.2, 0) is 4.79 Å². The summed E-state index contributed by atoms with van der Waals surface area (Å²) in [6.45, 7) is 7.49. The first kappa shape index (κ1) is 14.6. The topological polar surface area (TPSA) is 46.3 Å². The third-order valence-corrected chi connectivity index (χ3v) is 2.97. The van der Waals surface area contributed by atoms with Crippen molar-refractivity contribution >= 4 is 5.91 Å². The lowest BCUT2D eigenvalue weighted by molar-refractivity contribution is -0.136. The summed E-state index contributed by atoms with van der Waals surface area (Å²) in [5, 5.41) is 0. The number of amides is 1. The Morgan fingerprint density at radius 3 is 2.06 bits per heavy atom. The van der Waals surface area contributed by atoms with Crippen LogP contribution in [0.4, 0.5) is 4.39 Å². The summed E-state index contributed by atoms with van der Waals surface area (Å²) in [4.78, 5) is 13.8. The molecule has 0 bridgehead atoms. The number of carbonyl (C=O) groups excluding carboxylic acids is 1. The number of carbonyl (C=O) groups is 1. The van der Waals surface area contributed by atoms with Gasteiger partial charge in [0.25, 0.3) is 0 Å². The Kier molecular flexibility index (Phi) is 4.84. The highest BCUT2D eigenvalue weighted by molar-refractivity contribution is 5.81. The number of hydrogen-bond acceptors (Lipinski definition) is 2. The molecule has 1 aromatic carbocycles. The normalized spacial score (nSPS) is 14.4. The smallest absolute Gasteiger partial charge is 0.239 e. The molecule has 0 saturated heterocycles. The van der Waals surface area contributed by atoms with Crippen molar-refractivity contribution in [2.75, 3.05) is 0 Å². The lowest BCUT2D eigenvalue weighted by Crippen LogP contribution is -2.46. The highest BCUT2D eigenvalue weighted by Crippen LogP contribution is 2.23. The van der Waals surface area contributed by atoms with Crippen LogP contribution in [0, 0.1) is 5.82 Å².